The molecule has 1 fully saturated rings. The highest BCUT2D eigenvalue weighted by Gasteiger charge is 2.15. The summed E-state index contributed by atoms with van der Waals surface area (Å²) < 4.78 is 0. The Morgan fingerprint density at radius 1 is 1.56 bits per heavy atom. The number of rotatable bonds is 4. The van der Waals surface area contributed by atoms with Crippen LogP contribution in [0.15, 0.2) is 18.3 Å². The molecule has 0 aliphatic carbocycles. The van der Waals surface area contributed by atoms with E-state index in [0.717, 1.165) is 24.0 Å². The topological polar surface area (TPSA) is 28.2 Å². The predicted molar refractivity (Wildman–Crippen MR) is 72.5 cm³/mol. The minimum absolute atomic E-state index is 0.820. The number of hydrogen-bond acceptors (Lipinski definition) is 4. The van der Waals surface area contributed by atoms with E-state index in [1.807, 2.05) is 31.3 Å². The van der Waals surface area contributed by atoms with Gasteiger partial charge in [0.1, 0.15) is 0 Å². The van der Waals surface area contributed by atoms with Crippen LogP contribution >= 0.6 is 11.8 Å². The van der Waals surface area contributed by atoms with Gasteiger partial charge in [-0.25, -0.2) is 4.98 Å². The van der Waals surface area contributed by atoms with Gasteiger partial charge in [-0.2, -0.15) is 11.8 Å². The van der Waals surface area contributed by atoms with Crippen molar-refractivity contribution >= 4 is 23.3 Å². The van der Waals surface area contributed by atoms with E-state index in [9.17, 15) is 0 Å². The Morgan fingerprint density at radius 2 is 2.44 bits per heavy atom. The van der Waals surface area contributed by atoms with Crippen molar-refractivity contribution in [3.05, 3.63) is 18.3 Å². The second-order valence-corrected chi connectivity index (χ2v) is 5.53. The van der Waals surface area contributed by atoms with Gasteiger partial charge >= 0.3 is 0 Å². The van der Waals surface area contributed by atoms with Crippen LogP contribution < -0.4 is 10.2 Å². The van der Waals surface area contributed by atoms with E-state index in [-0.39, 0.29) is 0 Å². The van der Waals surface area contributed by atoms with Gasteiger partial charge in [-0.1, -0.05) is 0 Å². The first-order chi connectivity index (χ1) is 7.77. The van der Waals surface area contributed by atoms with Crippen LogP contribution in [0, 0.1) is 5.92 Å². The Bertz CT molecular complexity index is 335. The quantitative estimate of drug-likeness (QED) is 0.870. The van der Waals surface area contributed by atoms with Crippen molar-refractivity contribution in [2.75, 3.05) is 42.4 Å². The van der Waals surface area contributed by atoms with E-state index in [1.165, 1.54) is 17.9 Å². The summed E-state index contributed by atoms with van der Waals surface area (Å²) in [6.45, 7) is 1.07. The lowest BCUT2D eigenvalue weighted by atomic mass is 10.1. The first-order valence-electron chi connectivity index (χ1n) is 5.71. The molecule has 88 valence electrons. The van der Waals surface area contributed by atoms with Crippen LogP contribution in [-0.2, 0) is 0 Å². The first kappa shape index (κ1) is 11.6. The fourth-order valence-corrected chi connectivity index (χ4v) is 3.17. The van der Waals surface area contributed by atoms with Crippen molar-refractivity contribution < 1.29 is 0 Å². The van der Waals surface area contributed by atoms with Crippen LogP contribution in [0.25, 0.3) is 0 Å². The Hall–Kier alpha value is -0.900. The van der Waals surface area contributed by atoms with Gasteiger partial charge in [-0.05, 0) is 36.0 Å². The number of hydrogen-bond donors (Lipinski definition) is 1. The number of anilines is 2. The van der Waals surface area contributed by atoms with Crippen LogP contribution in [0.5, 0.6) is 0 Å². The summed E-state index contributed by atoms with van der Waals surface area (Å²) >= 11 is 2.06. The van der Waals surface area contributed by atoms with Crippen molar-refractivity contribution in [1.82, 2.24) is 4.98 Å². The third-order valence-corrected chi connectivity index (χ3v) is 4.05. The molecule has 1 aromatic heterocycles. The van der Waals surface area contributed by atoms with Crippen molar-refractivity contribution in [3.63, 3.8) is 0 Å². The van der Waals surface area contributed by atoms with E-state index >= 15 is 0 Å². The van der Waals surface area contributed by atoms with Gasteiger partial charge < -0.3 is 10.2 Å². The van der Waals surface area contributed by atoms with Crippen molar-refractivity contribution in [1.29, 1.82) is 0 Å². The van der Waals surface area contributed by atoms with Crippen LogP contribution in [-0.4, -0.2) is 37.1 Å². The fourth-order valence-electron chi connectivity index (χ4n) is 1.89. The van der Waals surface area contributed by atoms with Gasteiger partial charge in [-0.15, -0.1) is 0 Å². The normalized spacial score (nSPS) is 19.8. The molecule has 3 nitrogen and oxygen atoms in total. The number of pyridine rings is 1. The lowest BCUT2D eigenvalue weighted by Gasteiger charge is -2.18. The zero-order valence-corrected chi connectivity index (χ0v) is 10.8. The molecule has 0 bridgehead atoms. The molecule has 0 saturated carbocycles. The highest BCUT2D eigenvalue weighted by atomic mass is 32.2. The molecule has 2 heterocycles. The molecule has 1 saturated heterocycles. The van der Waals surface area contributed by atoms with Crippen LogP contribution in [0.2, 0.25) is 0 Å². The molecule has 16 heavy (non-hydrogen) atoms. The van der Waals surface area contributed by atoms with Gasteiger partial charge in [0.15, 0.2) is 5.82 Å². The third-order valence-electron chi connectivity index (χ3n) is 2.82. The molecule has 0 aromatic carbocycles. The largest absolute Gasteiger partial charge is 0.382 e. The van der Waals surface area contributed by atoms with Crippen LogP contribution in [0.4, 0.5) is 11.5 Å². The summed E-state index contributed by atoms with van der Waals surface area (Å²) in [6.07, 6.45) is 3.18. The van der Waals surface area contributed by atoms with E-state index in [0.29, 0.717) is 0 Å². The molecule has 0 spiro atoms. The van der Waals surface area contributed by atoms with Gasteiger partial charge in [0.25, 0.3) is 0 Å². The molecule has 4 heteroatoms. The highest BCUT2D eigenvalue weighted by molar-refractivity contribution is 7.99. The van der Waals surface area contributed by atoms with Gasteiger partial charge in [0.05, 0.1) is 5.69 Å². The summed E-state index contributed by atoms with van der Waals surface area (Å²) in [4.78, 5) is 6.43. The second kappa shape index (κ2) is 5.43. The standard InChI is InChI=1S/C12H19N3S/c1-15(2)12-11(4-3-6-13-12)14-8-10-5-7-16-9-10/h3-4,6,10,14H,5,7-9H2,1-2H3. The molecule has 1 aromatic rings. The average molecular weight is 237 g/mol. The lowest BCUT2D eigenvalue weighted by Crippen LogP contribution is -2.17. The molecule has 0 amide bonds. The number of thioether (sulfide) groups is 1. The van der Waals surface area contributed by atoms with Gasteiger partial charge in [0.2, 0.25) is 0 Å². The fraction of sp³-hybridized carbons (Fsp3) is 0.583. The van der Waals surface area contributed by atoms with Crippen molar-refractivity contribution in [2.24, 2.45) is 5.92 Å². The molecule has 1 aliphatic heterocycles. The van der Waals surface area contributed by atoms with Crippen LogP contribution in [0.1, 0.15) is 6.42 Å². The first-order valence-corrected chi connectivity index (χ1v) is 6.87. The van der Waals surface area contributed by atoms with E-state index in [1.54, 1.807) is 0 Å². The maximum atomic E-state index is 4.38. The smallest absolute Gasteiger partial charge is 0.151 e. The molecule has 1 N–H and O–H groups in total. The average Bonchev–Trinajstić information content (AvgIpc) is 2.79. The molecule has 2 rings (SSSR count). The molecular formula is C12H19N3S. The van der Waals surface area contributed by atoms with E-state index in [4.69, 9.17) is 0 Å². The zero-order chi connectivity index (χ0) is 11.4. The summed E-state index contributed by atoms with van der Waals surface area (Å²) in [6, 6.07) is 4.09. The van der Waals surface area contributed by atoms with Gasteiger partial charge in [-0.3, -0.25) is 0 Å². The van der Waals surface area contributed by atoms with Crippen molar-refractivity contribution in [2.45, 2.75) is 6.42 Å². The zero-order valence-electron chi connectivity index (χ0n) is 9.94. The van der Waals surface area contributed by atoms with Gasteiger partial charge in [0, 0.05) is 26.8 Å². The highest BCUT2D eigenvalue weighted by Crippen LogP contribution is 2.25. The third kappa shape index (κ3) is 2.82. The number of nitrogens with one attached hydrogen (secondary N) is 1. The minimum Gasteiger partial charge on any atom is -0.382 e. The van der Waals surface area contributed by atoms with E-state index in [2.05, 4.69) is 28.1 Å². The van der Waals surface area contributed by atoms with Crippen LogP contribution in [0.3, 0.4) is 0 Å². The summed E-state index contributed by atoms with van der Waals surface area (Å²) in [5.41, 5.74) is 1.14. The Labute approximate surface area is 102 Å². The number of aromatic nitrogens is 1. The molecule has 1 unspecified atom stereocenters. The Balaban J connectivity index is 1.97. The Morgan fingerprint density at radius 3 is 3.12 bits per heavy atom. The summed E-state index contributed by atoms with van der Waals surface area (Å²) in [5.74, 6) is 4.46. The lowest BCUT2D eigenvalue weighted by molar-refractivity contribution is 0.631. The SMILES string of the molecule is CN(C)c1ncccc1NCC1CCSC1. The van der Waals surface area contributed by atoms with E-state index < -0.39 is 0 Å². The minimum atomic E-state index is 0.820. The maximum absolute atomic E-state index is 4.38. The summed E-state index contributed by atoms with van der Waals surface area (Å²) in [7, 11) is 4.05. The Kier molecular flexibility index (Phi) is 3.93. The number of nitrogens with zero attached hydrogens (tertiary/aromatic N) is 2. The molecular weight excluding hydrogens is 218 g/mol. The predicted octanol–water partition coefficient (Wildman–Crippen LogP) is 2.31. The molecule has 0 radical (unpaired) electrons. The molecule has 1 aliphatic rings. The summed E-state index contributed by atoms with van der Waals surface area (Å²) in [5, 5.41) is 3.52. The van der Waals surface area contributed by atoms with Crippen molar-refractivity contribution in [3.8, 4) is 0 Å². The second-order valence-electron chi connectivity index (χ2n) is 4.38. The monoisotopic (exact) mass is 237 g/mol. The maximum Gasteiger partial charge on any atom is 0.151 e. The molecule has 1 atom stereocenters.